The van der Waals surface area contributed by atoms with Gasteiger partial charge in [0.05, 0.1) is 0 Å². The van der Waals surface area contributed by atoms with E-state index in [-0.39, 0.29) is 17.2 Å². The van der Waals surface area contributed by atoms with E-state index in [4.69, 9.17) is 12.2 Å². The van der Waals surface area contributed by atoms with Crippen LogP contribution in [0.2, 0.25) is 0 Å². The molecule has 1 aliphatic carbocycles. The zero-order valence-corrected chi connectivity index (χ0v) is 17.4. The lowest BCUT2D eigenvalue weighted by Crippen LogP contribution is -2.39. The maximum atomic E-state index is 12.4. The number of rotatable bonds is 6. The number of nitrogens with one attached hydrogen (secondary N) is 2. The van der Waals surface area contributed by atoms with Crippen molar-refractivity contribution in [2.75, 3.05) is 19.6 Å². The molecule has 1 aromatic heterocycles. The quantitative estimate of drug-likeness (QED) is 0.575. The number of likely N-dealkylation sites (tertiary alicyclic amines) is 1. The molecule has 2 heterocycles. The number of carbonyl (C=O) groups is 2. The summed E-state index contributed by atoms with van der Waals surface area (Å²) in [6, 6.07) is 0.522. The smallest absolute Gasteiger partial charge is 0.225 e. The summed E-state index contributed by atoms with van der Waals surface area (Å²) in [5.74, 6) is 1.65. The molecular weight excluding hydrogens is 362 g/mol. The molecule has 1 saturated carbocycles. The van der Waals surface area contributed by atoms with Gasteiger partial charge in [0.25, 0.3) is 0 Å². The molecule has 0 bridgehead atoms. The predicted molar refractivity (Wildman–Crippen MR) is 106 cm³/mol. The molecule has 1 aliphatic heterocycles. The number of aromatic nitrogens is 3. The van der Waals surface area contributed by atoms with E-state index < -0.39 is 0 Å². The van der Waals surface area contributed by atoms with Gasteiger partial charge in [0.15, 0.2) is 4.77 Å². The van der Waals surface area contributed by atoms with Crippen molar-refractivity contribution in [3.05, 3.63) is 10.6 Å². The second kappa shape index (κ2) is 8.12. The van der Waals surface area contributed by atoms with E-state index in [1.807, 2.05) is 25.7 Å². The van der Waals surface area contributed by atoms with Gasteiger partial charge < -0.3 is 14.8 Å². The normalized spacial score (nSPS) is 18.6. The van der Waals surface area contributed by atoms with Crippen LogP contribution in [0.25, 0.3) is 0 Å². The van der Waals surface area contributed by atoms with Crippen LogP contribution in [0.5, 0.6) is 0 Å². The average Bonchev–Trinajstić information content (AvgIpc) is 3.39. The molecule has 3 rings (SSSR count). The van der Waals surface area contributed by atoms with Gasteiger partial charge in [0.2, 0.25) is 11.8 Å². The van der Waals surface area contributed by atoms with E-state index in [9.17, 15) is 9.59 Å². The number of carbonyl (C=O) groups excluding carboxylic acids is 2. The van der Waals surface area contributed by atoms with Crippen LogP contribution in [0.15, 0.2) is 0 Å². The van der Waals surface area contributed by atoms with Crippen LogP contribution in [-0.2, 0) is 9.59 Å². The van der Waals surface area contributed by atoms with Crippen molar-refractivity contribution in [1.29, 1.82) is 0 Å². The first-order valence-electron chi connectivity index (χ1n) is 10.00. The minimum Gasteiger partial charge on any atom is -0.356 e. The average molecular weight is 394 g/mol. The van der Waals surface area contributed by atoms with Crippen molar-refractivity contribution in [1.82, 2.24) is 25.0 Å². The standard InChI is InChI=1S/C19H31N5O2S/c1-19(2,3)17(26)20-10-4-5-15(25)23-11-8-13(9-12-23)16-21-22-18(27)24(16)14-6-7-14/h13-14H,4-12H2,1-3H3,(H,20,26)(H,22,27). The first kappa shape index (κ1) is 20.0. The Kier molecular flexibility index (Phi) is 6.03. The molecule has 0 spiro atoms. The maximum Gasteiger partial charge on any atom is 0.225 e. The van der Waals surface area contributed by atoms with Crippen molar-refractivity contribution in [2.45, 2.75) is 71.3 Å². The summed E-state index contributed by atoms with van der Waals surface area (Å²) in [5.41, 5.74) is -0.389. The van der Waals surface area contributed by atoms with Crippen LogP contribution < -0.4 is 5.32 Å². The van der Waals surface area contributed by atoms with E-state index in [1.54, 1.807) is 0 Å². The van der Waals surface area contributed by atoms with Gasteiger partial charge in [-0.05, 0) is 44.3 Å². The number of amides is 2. The Bertz CT molecular complexity index is 736. The minimum absolute atomic E-state index is 0.0276. The van der Waals surface area contributed by atoms with Crippen molar-refractivity contribution >= 4 is 24.0 Å². The summed E-state index contributed by atoms with van der Waals surface area (Å²) < 4.78 is 2.92. The van der Waals surface area contributed by atoms with Gasteiger partial charge in [-0.1, -0.05) is 20.8 Å². The van der Waals surface area contributed by atoms with Gasteiger partial charge >= 0.3 is 0 Å². The Morgan fingerprint density at radius 2 is 1.89 bits per heavy atom. The molecule has 2 aliphatic rings. The highest BCUT2D eigenvalue weighted by molar-refractivity contribution is 7.71. The molecule has 0 radical (unpaired) electrons. The van der Waals surface area contributed by atoms with Gasteiger partial charge in [-0.15, -0.1) is 0 Å². The van der Waals surface area contributed by atoms with Gasteiger partial charge in [-0.3, -0.25) is 14.7 Å². The minimum atomic E-state index is -0.389. The first-order chi connectivity index (χ1) is 12.8. The van der Waals surface area contributed by atoms with Crippen molar-refractivity contribution in [2.24, 2.45) is 5.41 Å². The largest absolute Gasteiger partial charge is 0.356 e. The molecule has 2 N–H and O–H groups in total. The van der Waals surface area contributed by atoms with E-state index in [1.165, 1.54) is 12.8 Å². The van der Waals surface area contributed by atoms with Gasteiger partial charge in [-0.2, -0.15) is 5.10 Å². The number of H-pyrrole nitrogens is 1. The number of hydrogen-bond acceptors (Lipinski definition) is 4. The molecule has 1 aromatic rings. The zero-order valence-electron chi connectivity index (χ0n) is 16.6. The van der Waals surface area contributed by atoms with E-state index in [0.717, 1.165) is 36.5 Å². The highest BCUT2D eigenvalue weighted by Gasteiger charge is 2.32. The highest BCUT2D eigenvalue weighted by Crippen LogP contribution is 2.38. The monoisotopic (exact) mass is 393 g/mol. The summed E-state index contributed by atoms with van der Waals surface area (Å²) in [7, 11) is 0. The number of nitrogens with zero attached hydrogens (tertiary/aromatic N) is 3. The van der Waals surface area contributed by atoms with E-state index in [0.29, 0.717) is 31.3 Å². The van der Waals surface area contributed by atoms with Crippen LogP contribution in [0.1, 0.15) is 77.1 Å². The van der Waals surface area contributed by atoms with Gasteiger partial charge in [0.1, 0.15) is 5.82 Å². The summed E-state index contributed by atoms with van der Waals surface area (Å²) in [6.07, 6.45) is 5.39. The van der Waals surface area contributed by atoms with Crippen LogP contribution in [0.3, 0.4) is 0 Å². The van der Waals surface area contributed by atoms with Crippen LogP contribution in [-0.4, -0.2) is 51.1 Å². The Hall–Kier alpha value is -1.70. The third kappa shape index (κ3) is 4.97. The van der Waals surface area contributed by atoms with Crippen molar-refractivity contribution in [3.63, 3.8) is 0 Å². The molecule has 150 valence electrons. The second-order valence-corrected chi connectivity index (χ2v) is 9.14. The van der Waals surface area contributed by atoms with E-state index >= 15 is 0 Å². The second-order valence-electron chi connectivity index (χ2n) is 8.75. The highest BCUT2D eigenvalue weighted by atomic mass is 32.1. The SMILES string of the molecule is CC(C)(C)C(=O)NCCCC(=O)N1CCC(c2n[nH]c(=S)n2C2CC2)CC1. The van der Waals surface area contributed by atoms with E-state index in [2.05, 4.69) is 20.1 Å². The summed E-state index contributed by atoms with van der Waals surface area (Å²) in [5, 5.41) is 10.3. The lowest BCUT2D eigenvalue weighted by atomic mass is 9.95. The molecule has 0 aromatic carbocycles. The van der Waals surface area contributed by atoms with Crippen LogP contribution in [0.4, 0.5) is 0 Å². The Labute approximate surface area is 165 Å². The Morgan fingerprint density at radius 3 is 2.48 bits per heavy atom. The third-order valence-electron chi connectivity index (χ3n) is 5.39. The lowest BCUT2D eigenvalue weighted by Gasteiger charge is -2.32. The zero-order chi connectivity index (χ0) is 19.6. The molecule has 1 saturated heterocycles. The van der Waals surface area contributed by atoms with Gasteiger partial charge in [-0.25, -0.2) is 0 Å². The lowest BCUT2D eigenvalue weighted by molar-refractivity contribution is -0.133. The first-order valence-corrected chi connectivity index (χ1v) is 10.4. The molecule has 27 heavy (non-hydrogen) atoms. The molecule has 8 heteroatoms. The summed E-state index contributed by atoms with van der Waals surface area (Å²) >= 11 is 5.37. The third-order valence-corrected chi connectivity index (χ3v) is 5.68. The summed E-state index contributed by atoms with van der Waals surface area (Å²) in [6.45, 7) is 7.75. The molecule has 0 atom stereocenters. The molecule has 0 unspecified atom stereocenters. The maximum absolute atomic E-state index is 12.4. The van der Waals surface area contributed by atoms with Crippen LogP contribution >= 0.6 is 12.2 Å². The van der Waals surface area contributed by atoms with Crippen LogP contribution in [0, 0.1) is 10.2 Å². The number of hydrogen-bond donors (Lipinski definition) is 2. The van der Waals surface area contributed by atoms with Gasteiger partial charge in [0, 0.05) is 43.4 Å². The molecule has 7 nitrogen and oxygen atoms in total. The molecular formula is C19H31N5O2S. The fourth-order valence-electron chi connectivity index (χ4n) is 3.54. The number of aromatic amines is 1. The Morgan fingerprint density at radius 1 is 1.22 bits per heavy atom. The van der Waals surface area contributed by atoms with Crippen molar-refractivity contribution in [3.8, 4) is 0 Å². The fourth-order valence-corrected chi connectivity index (χ4v) is 3.83. The fraction of sp³-hybridized carbons (Fsp3) is 0.789. The summed E-state index contributed by atoms with van der Waals surface area (Å²) in [4.78, 5) is 26.2. The number of piperidine rings is 1. The topological polar surface area (TPSA) is 83.0 Å². The predicted octanol–water partition coefficient (Wildman–Crippen LogP) is 2.92. The molecule has 2 amide bonds. The van der Waals surface area contributed by atoms with Crippen molar-refractivity contribution < 1.29 is 9.59 Å². The molecule has 2 fully saturated rings. The Balaban J connectivity index is 1.42.